The van der Waals surface area contributed by atoms with Crippen LogP contribution in [0.5, 0.6) is 0 Å². The van der Waals surface area contributed by atoms with Crippen molar-refractivity contribution >= 4 is 29.2 Å². The van der Waals surface area contributed by atoms with Crippen LogP contribution in [0.15, 0.2) is 18.2 Å². The summed E-state index contributed by atoms with van der Waals surface area (Å²) in [6, 6.07) is 6.01. The molecule has 0 aliphatic carbocycles. The third-order valence-corrected chi connectivity index (χ3v) is 2.85. The molecule has 18 heavy (non-hydrogen) atoms. The minimum Gasteiger partial charge on any atom is -0.357 e. The Balaban J connectivity index is 2.34. The Morgan fingerprint density at radius 1 is 1.06 bits per heavy atom. The van der Waals surface area contributed by atoms with E-state index in [9.17, 15) is 0 Å². The largest absolute Gasteiger partial charge is 0.357 e. The summed E-state index contributed by atoms with van der Waals surface area (Å²) in [6.07, 6.45) is 0. The van der Waals surface area contributed by atoms with E-state index in [4.69, 9.17) is 11.6 Å². The molecule has 2 rings (SSSR count). The summed E-state index contributed by atoms with van der Waals surface area (Å²) >= 11 is 5.82. The van der Waals surface area contributed by atoms with Gasteiger partial charge >= 0.3 is 0 Å². The topological polar surface area (TPSA) is 62.7 Å². The number of hydrogen-bond acceptors (Lipinski definition) is 5. The van der Waals surface area contributed by atoms with Gasteiger partial charge in [-0.1, -0.05) is 12.1 Å². The second-order valence-corrected chi connectivity index (χ2v) is 4.21. The zero-order valence-electron chi connectivity index (χ0n) is 10.5. The van der Waals surface area contributed by atoms with Crippen molar-refractivity contribution in [1.29, 1.82) is 0 Å². The van der Waals surface area contributed by atoms with E-state index >= 15 is 0 Å². The van der Waals surface area contributed by atoms with Crippen molar-refractivity contribution in [2.24, 2.45) is 0 Å². The SMILES string of the molecule is CNc1nc(Cl)nc(Nc2cccc(C)c2C)n1. The number of benzene rings is 1. The molecule has 0 amide bonds. The molecule has 0 spiro atoms. The number of anilines is 3. The van der Waals surface area contributed by atoms with Crippen molar-refractivity contribution in [2.45, 2.75) is 13.8 Å². The Bertz CT molecular complexity index is 570. The fourth-order valence-electron chi connectivity index (χ4n) is 1.52. The van der Waals surface area contributed by atoms with E-state index in [0.29, 0.717) is 11.9 Å². The fraction of sp³-hybridized carbons (Fsp3) is 0.250. The average Bonchev–Trinajstić information content (AvgIpc) is 2.34. The predicted octanol–water partition coefficient (Wildman–Crippen LogP) is 2.93. The molecule has 6 heteroatoms. The lowest BCUT2D eigenvalue weighted by Gasteiger charge is -2.10. The van der Waals surface area contributed by atoms with Gasteiger partial charge < -0.3 is 10.6 Å². The molecular formula is C12H14ClN5. The third kappa shape index (κ3) is 2.68. The lowest BCUT2D eigenvalue weighted by Crippen LogP contribution is -2.04. The van der Waals surface area contributed by atoms with Crippen LogP contribution in [0.25, 0.3) is 0 Å². The molecule has 1 aromatic carbocycles. The maximum atomic E-state index is 5.82. The number of hydrogen-bond donors (Lipinski definition) is 2. The molecule has 5 nitrogen and oxygen atoms in total. The highest BCUT2D eigenvalue weighted by molar-refractivity contribution is 6.28. The summed E-state index contributed by atoms with van der Waals surface area (Å²) in [6.45, 7) is 4.10. The number of rotatable bonds is 3. The van der Waals surface area contributed by atoms with E-state index in [1.165, 1.54) is 5.56 Å². The molecule has 0 aliphatic heterocycles. The number of nitrogens with one attached hydrogen (secondary N) is 2. The Kier molecular flexibility index (Phi) is 3.62. The minimum atomic E-state index is 0.155. The van der Waals surface area contributed by atoms with Crippen LogP contribution in [0.3, 0.4) is 0 Å². The fourth-order valence-corrected chi connectivity index (χ4v) is 1.68. The molecule has 0 radical (unpaired) electrons. The molecule has 1 heterocycles. The van der Waals surface area contributed by atoms with E-state index < -0.39 is 0 Å². The highest BCUT2D eigenvalue weighted by atomic mass is 35.5. The normalized spacial score (nSPS) is 10.2. The van der Waals surface area contributed by atoms with E-state index in [1.54, 1.807) is 7.05 Å². The summed E-state index contributed by atoms with van der Waals surface area (Å²) < 4.78 is 0. The maximum Gasteiger partial charge on any atom is 0.233 e. The van der Waals surface area contributed by atoms with Crippen molar-refractivity contribution < 1.29 is 0 Å². The molecule has 94 valence electrons. The number of halogens is 1. The molecule has 2 N–H and O–H groups in total. The van der Waals surface area contributed by atoms with Gasteiger partial charge in [0.1, 0.15) is 0 Å². The first-order chi connectivity index (χ1) is 8.60. The van der Waals surface area contributed by atoms with Gasteiger partial charge in [-0.25, -0.2) is 0 Å². The van der Waals surface area contributed by atoms with Gasteiger partial charge in [0.25, 0.3) is 0 Å². The van der Waals surface area contributed by atoms with Crippen LogP contribution in [0, 0.1) is 13.8 Å². The quantitative estimate of drug-likeness (QED) is 0.892. The van der Waals surface area contributed by atoms with E-state index in [-0.39, 0.29) is 5.28 Å². The molecule has 0 saturated heterocycles. The standard InChI is InChI=1S/C12H14ClN5/c1-7-5-4-6-9(8(7)2)15-12-17-10(13)16-11(14-3)18-12/h4-6H,1-3H3,(H2,14,15,16,17,18). The highest BCUT2D eigenvalue weighted by Gasteiger charge is 2.06. The Morgan fingerprint density at radius 2 is 1.78 bits per heavy atom. The molecule has 1 aromatic heterocycles. The molecule has 0 bridgehead atoms. The molecule has 0 aliphatic rings. The van der Waals surface area contributed by atoms with Gasteiger partial charge in [-0.3, -0.25) is 0 Å². The van der Waals surface area contributed by atoms with Crippen LogP contribution in [-0.4, -0.2) is 22.0 Å². The highest BCUT2D eigenvalue weighted by Crippen LogP contribution is 2.21. The van der Waals surface area contributed by atoms with E-state index in [0.717, 1.165) is 11.3 Å². The van der Waals surface area contributed by atoms with Crippen LogP contribution in [0.4, 0.5) is 17.6 Å². The summed E-state index contributed by atoms with van der Waals surface area (Å²) in [7, 11) is 1.73. The number of aromatic nitrogens is 3. The van der Waals surface area contributed by atoms with Gasteiger partial charge in [0.15, 0.2) is 0 Å². The predicted molar refractivity (Wildman–Crippen MR) is 73.6 cm³/mol. The first-order valence-corrected chi connectivity index (χ1v) is 5.90. The molecule has 0 unspecified atom stereocenters. The van der Waals surface area contributed by atoms with Crippen molar-refractivity contribution in [3.05, 3.63) is 34.6 Å². The van der Waals surface area contributed by atoms with Gasteiger partial charge in [-0.2, -0.15) is 15.0 Å². The van der Waals surface area contributed by atoms with E-state index in [1.807, 2.05) is 19.1 Å². The average molecular weight is 264 g/mol. The third-order valence-electron chi connectivity index (χ3n) is 2.68. The van der Waals surface area contributed by atoms with Gasteiger partial charge in [-0.05, 0) is 42.6 Å². The summed E-state index contributed by atoms with van der Waals surface area (Å²) in [5.41, 5.74) is 3.31. The van der Waals surface area contributed by atoms with Crippen LogP contribution in [-0.2, 0) is 0 Å². The van der Waals surface area contributed by atoms with E-state index in [2.05, 4.69) is 38.6 Å². The Labute approximate surface area is 111 Å². The first-order valence-electron chi connectivity index (χ1n) is 5.52. The van der Waals surface area contributed by atoms with Crippen molar-refractivity contribution in [3.63, 3.8) is 0 Å². The minimum absolute atomic E-state index is 0.155. The number of aryl methyl sites for hydroxylation is 1. The lowest BCUT2D eigenvalue weighted by molar-refractivity contribution is 1.05. The number of nitrogens with zero attached hydrogens (tertiary/aromatic N) is 3. The molecule has 0 saturated carbocycles. The van der Waals surface area contributed by atoms with Gasteiger partial charge in [0.05, 0.1) is 0 Å². The summed E-state index contributed by atoms with van der Waals surface area (Å²) in [5, 5.41) is 6.13. The molecule has 2 aromatic rings. The van der Waals surface area contributed by atoms with Crippen LogP contribution in [0.1, 0.15) is 11.1 Å². The van der Waals surface area contributed by atoms with Crippen molar-refractivity contribution in [1.82, 2.24) is 15.0 Å². The first kappa shape index (κ1) is 12.6. The lowest BCUT2D eigenvalue weighted by atomic mass is 10.1. The van der Waals surface area contributed by atoms with Crippen LogP contribution < -0.4 is 10.6 Å². The Morgan fingerprint density at radius 3 is 2.50 bits per heavy atom. The maximum absolute atomic E-state index is 5.82. The molecule has 0 atom stereocenters. The smallest absolute Gasteiger partial charge is 0.233 e. The second-order valence-electron chi connectivity index (χ2n) is 3.87. The molecular weight excluding hydrogens is 250 g/mol. The van der Waals surface area contributed by atoms with Gasteiger partial charge in [0, 0.05) is 12.7 Å². The zero-order valence-corrected chi connectivity index (χ0v) is 11.2. The van der Waals surface area contributed by atoms with Crippen molar-refractivity contribution in [2.75, 3.05) is 17.7 Å². The summed E-state index contributed by atoms with van der Waals surface area (Å²) in [4.78, 5) is 12.2. The van der Waals surface area contributed by atoms with Crippen LogP contribution in [0.2, 0.25) is 5.28 Å². The monoisotopic (exact) mass is 263 g/mol. The van der Waals surface area contributed by atoms with Gasteiger partial charge in [0.2, 0.25) is 17.2 Å². The summed E-state index contributed by atoms with van der Waals surface area (Å²) in [5.74, 6) is 0.857. The Hall–Kier alpha value is -1.88. The second kappa shape index (κ2) is 5.18. The van der Waals surface area contributed by atoms with Crippen molar-refractivity contribution in [3.8, 4) is 0 Å². The zero-order chi connectivity index (χ0) is 13.1. The van der Waals surface area contributed by atoms with Crippen LogP contribution >= 0.6 is 11.6 Å². The molecule has 0 fully saturated rings. The van der Waals surface area contributed by atoms with Gasteiger partial charge in [-0.15, -0.1) is 0 Å².